The van der Waals surface area contributed by atoms with Crippen molar-refractivity contribution < 1.29 is 18.0 Å². The summed E-state index contributed by atoms with van der Waals surface area (Å²) in [6.45, 7) is 0.312. The Labute approximate surface area is 142 Å². The molecule has 0 spiro atoms. The van der Waals surface area contributed by atoms with Crippen molar-refractivity contribution in [2.45, 2.75) is 38.3 Å². The van der Waals surface area contributed by atoms with Gasteiger partial charge in [0.25, 0.3) is 0 Å². The van der Waals surface area contributed by atoms with Crippen LogP contribution in [0.3, 0.4) is 0 Å². The summed E-state index contributed by atoms with van der Waals surface area (Å²) >= 11 is 1.61. The molecule has 1 amide bonds. The third kappa shape index (κ3) is 5.36. The molecular formula is C16H20F3N3OS. The van der Waals surface area contributed by atoms with E-state index in [4.69, 9.17) is 5.73 Å². The Morgan fingerprint density at radius 3 is 2.75 bits per heavy atom. The van der Waals surface area contributed by atoms with Gasteiger partial charge in [-0.05, 0) is 43.6 Å². The zero-order chi connectivity index (χ0) is 17.6. The number of aliphatic imine (C=N–C) groups is 1. The number of allylic oxidation sites excluding steroid dienone is 2. The predicted molar refractivity (Wildman–Crippen MR) is 89.1 cm³/mol. The number of thiophene rings is 1. The van der Waals surface area contributed by atoms with Crippen molar-refractivity contribution in [2.75, 3.05) is 13.1 Å². The van der Waals surface area contributed by atoms with Gasteiger partial charge in [0.1, 0.15) is 12.2 Å². The first-order chi connectivity index (χ1) is 11.4. The third-order valence-corrected chi connectivity index (χ3v) is 4.69. The van der Waals surface area contributed by atoms with E-state index in [-0.39, 0.29) is 24.4 Å². The Hall–Kier alpha value is -1.83. The van der Waals surface area contributed by atoms with Gasteiger partial charge in [0.05, 0.1) is 0 Å². The van der Waals surface area contributed by atoms with E-state index in [0.29, 0.717) is 25.1 Å². The Morgan fingerprint density at radius 1 is 1.33 bits per heavy atom. The highest BCUT2D eigenvalue weighted by Gasteiger charge is 2.35. The molecular weight excluding hydrogens is 339 g/mol. The quantitative estimate of drug-likeness (QED) is 0.848. The minimum absolute atomic E-state index is 0.0418. The molecule has 1 saturated carbocycles. The van der Waals surface area contributed by atoms with Gasteiger partial charge in [0, 0.05) is 22.7 Å². The number of carbonyl (C=O) groups is 1. The zero-order valence-electron chi connectivity index (χ0n) is 13.2. The average Bonchev–Trinajstić information content (AvgIpc) is 3.05. The lowest BCUT2D eigenvalue weighted by atomic mass is 9.91. The Kier molecular flexibility index (Phi) is 6.42. The van der Waals surface area contributed by atoms with Gasteiger partial charge < -0.3 is 11.1 Å². The molecule has 1 aromatic heterocycles. The Bertz CT molecular complexity index is 621. The van der Waals surface area contributed by atoms with Crippen molar-refractivity contribution in [1.82, 2.24) is 5.32 Å². The number of nitrogens with zero attached hydrogens (tertiary/aromatic N) is 1. The van der Waals surface area contributed by atoms with Gasteiger partial charge in [-0.1, -0.05) is 6.07 Å². The van der Waals surface area contributed by atoms with Crippen molar-refractivity contribution in [3.63, 3.8) is 0 Å². The molecule has 0 saturated heterocycles. The molecule has 24 heavy (non-hydrogen) atoms. The molecule has 8 heteroatoms. The SMILES string of the molecule is NC(=C1CCCCC1=NCC(=O)NCCc1cccs1)C(F)(F)F. The highest BCUT2D eigenvalue weighted by atomic mass is 32.1. The second kappa shape index (κ2) is 8.32. The summed E-state index contributed by atoms with van der Waals surface area (Å²) in [5.41, 5.74) is 4.50. The molecule has 0 radical (unpaired) electrons. The summed E-state index contributed by atoms with van der Waals surface area (Å²) in [4.78, 5) is 17.1. The van der Waals surface area contributed by atoms with Crippen LogP contribution in [-0.2, 0) is 11.2 Å². The second-order valence-electron chi connectivity index (χ2n) is 5.54. The maximum absolute atomic E-state index is 12.8. The van der Waals surface area contributed by atoms with Crippen molar-refractivity contribution in [3.8, 4) is 0 Å². The summed E-state index contributed by atoms with van der Waals surface area (Å²) in [5.74, 6) is -0.297. The fraction of sp³-hybridized carbons (Fsp3) is 0.500. The first-order valence-electron chi connectivity index (χ1n) is 7.76. The van der Waals surface area contributed by atoms with Crippen molar-refractivity contribution in [3.05, 3.63) is 33.7 Å². The second-order valence-corrected chi connectivity index (χ2v) is 6.57. The van der Waals surface area contributed by atoms with Crippen molar-refractivity contribution >= 4 is 23.0 Å². The van der Waals surface area contributed by atoms with E-state index in [1.807, 2.05) is 17.5 Å². The summed E-state index contributed by atoms with van der Waals surface area (Å²) in [7, 11) is 0. The number of nitrogens with two attached hydrogens (primary N) is 1. The zero-order valence-corrected chi connectivity index (χ0v) is 14.0. The van der Waals surface area contributed by atoms with Crippen LogP contribution in [0.15, 0.2) is 33.8 Å². The number of nitrogens with one attached hydrogen (secondary N) is 1. The molecule has 1 aromatic rings. The molecule has 4 nitrogen and oxygen atoms in total. The highest BCUT2D eigenvalue weighted by Crippen LogP contribution is 2.30. The summed E-state index contributed by atoms with van der Waals surface area (Å²) in [6, 6.07) is 3.92. The maximum Gasteiger partial charge on any atom is 0.431 e. The van der Waals surface area contributed by atoms with Gasteiger partial charge >= 0.3 is 6.18 Å². The third-order valence-electron chi connectivity index (χ3n) is 3.76. The number of hydrogen-bond donors (Lipinski definition) is 2. The van der Waals surface area contributed by atoms with E-state index in [0.717, 1.165) is 17.7 Å². The summed E-state index contributed by atoms with van der Waals surface area (Å²) in [6.07, 6.45) is -1.74. The fourth-order valence-corrected chi connectivity index (χ4v) is 3.24. The van der Waals surface area contributed by atoms with Gasteiger partial charge in [0.15, 0.2) is 0 Å². The van der Waals surface area contributed by atoms with E-state index in [2.05, 4.69) is 10.3 Å². The van der Waals surface area contributed by atoms with Crippen molar-refractivity contribution in [2.24, 2.45) is 10.7 Å². The van der Waals surface area contributed by atoms with E-state index in [1.165, 1.54) is 0 Å². The van der Waals surface area contributed by atoms with Gasteiger partial charge in [-0.3, -0.25) is 9.79 Å². The van der Waals surface area contributed by atoms with Crippen LogP contribution in [0.4, 0.5) is 13.2 Å². The molecule has 1 fully saturated rings. The van der Waals surface area contributed by atoms with Gasteiger partial charge in [-0.15, -0.1) is 11.3 Å². The molecule has 1 aliphatic carbocycles. The van der Waals surface area contributed by atoms with Crippen LogP contribution in [0.5, 0.6) is 0 Å². The Morgan fingerprint density at radius 2 is 2.08 bits per heavy atom. The van der Waals surface area contributed by atoms with Crippen molar-refractivity contribution in [1.29, 1.82) is 0 Å². The lowest BCUT2D eigenvalue weighted by molar-refractivity contribution is -0.119. The number of hydrogen-bond acceptors (Lipinski definition) is 4. The first-order valence-corrected chi connectivity index (χ1v) is 8.64. The van der Waals surface area contributed by atoms with Crippen LogP contribution in [-0.4, -0.2) is 30.9 Å². The van der Waals surface area contributed by atoms with E-state index in [1.54, 1.807) is 11.3 Å². The van der Waals surface area contributed by atoms with E-state index in [9.17, 15) is 18.0 Å². The molecule has 2 rings (SSSR count). The molecule has 0 unspecified atom stereocenters. The molecule has 132 valence electrons. The minimum Gasteiger partial charge on any atom is -0.394 e. The summed E-state index contributed by atoms with van der Waals surface area (Å²) < 4.78 is 38.4. The predicted octanol–water partition coefficient (Wildman–Crippen LogP) is 3.20. The van der Waals surface area contributed by atoms with Crippen LogP contribution in [0.1, 0.15) is 30.6 Å². The Balaban J connectivity index is 1.91. The number of carbonyl (C=O) groups excluding carboxylic acids is 1. The van der Waals surface area contributed by atoms with Gasteiger partial charge in [0.2, 0.25) is 5.91 Å². The molecule has 0 aromatic carbocycles. The molecule has 3 N–H and O–H groups in total. The summed E-state index contributed by atoms with van der Waals surface area (Å²) in [5, 5.41) is 4.69. The maximum atomic E-state index is 12.8. The number of alkyl halides is 3. The van der Waals surface area contributed by atoms with Crippen LogP contribution in [0.2, 0.25) is 0 Å². The van der Waals surface area contributed by atoms with Gasteiger partial charge in [-0.2, -0.15) is 13.2 Å². The number of halogens is 3. The number of amides is 1. The highest BCUT2D eigenvalue weighted by molar-refractivity contribution is 7.09. The lowest BCUT2D eigenvalue weighted by Crippen LogP contribution is -2.29. The fourth-order valence-electron chi connectivity index (χ4n) is 2.53. The molecule has 0 bridgehead atoms. The van der Waals surface area contributed by atoms with Crippen LogP contribution < -0.4 is 11.1 Å². The number of rotatable bonds is 5. The lowest BCUT2D eigenvalue weighted by Gasteiger charge is -2.20. The van der Waals surface area contributed by atoms with Gasteiger partial charge in [-0.25, -0.2) is 0 Å². The normalized spacial score (nSPS) is 19.4. The van der Waals surface area contributed by atoms with Crippen LogP contribution in [0.25, 0.3) is 0 Å². The van der Waals surface area contributed by atoms with E-state index >= 15 is 0 Å². The monoisotopic (exact) mass is 359 g/mol. The first kappa shape index (κ1) is 18.5. The average molecular weight is 359 g/mol. The molecule has 0 aliphatic heterocycles. The molecule has 1 aliphatic rings. The largest absolute Gasteiger partial charge is 0.431 e. The molecule has 0 atom stereocenters. The molecule has 1 heterocycles. The topological polar surface area (TPSA) is 67.5 Å². The standard InChI is InChI=1S/C16H20F3N3OS/c17-16(18,19)15(20)12-5-1-2-6-13(12)22-10-14(23)21-8-7-11-4-3-9-24-11/h3-4,9H,1-2,5-8,10,20H2,(H,21,23). The van der Waals surface area contributed by atoms with Crippen LogP contribution in [0, 0.1) is 0 Å². The van der Waals surface area contributed by atoms with Crippen LogP contribution >= 0.6 is 11.3 Å². The minimum atomic E-state index is -4.56. The smallest absolute Gasteiger partial charge is 0.394 e. The van der Waals surface area contributed by atoms with E-state index < -0.39 is 11.9 Å².